The lowest BCUT2D eigenvalue weighted by Crippen LogP contribution is -2.34. The van der Waals surface area contributed by atoms with Gasteiger partial charge in [0.15, 0.2) is 0 Å². The van der Waals surface area contributed by atoms with Gasteiger partial charge in [-0.3, -0.25) is 0 Å². The van der Waals surface area contributed by atoms with Gasteiger partial charge in [-0.1, -0.05) is 70.1 Å². The highest BCUT2D eigenvalue weighted by Gasteiger charge is 2.54. The first-order valence-electron chi connectivity index (χ1n) is 7.31. The lowest BCUT2D eigenvalue weighted by atomic mass is 9.89. The summed E-state index contributed by atoms with van der Waals surface area (Å²) in [6, 6.07) is 0. The third-order valence-corrected chi connectivity index (χ3v) is 3.62. The molecule has 1 N–H and O–H groups in total. The largest absolute Gasteiger partial charge is 0.476 e. The molecular formula is C14H27F3O4S. The highest BCUT2D eigenvalue weighted by molar-refractivity contribution is 7.88. The molecule has 0 heterocycles. The number of hydrogen-bond acceptors (Lipinski definition) is 3. The Hall–Kier alpha value is -0.790. The topological polar surface area (TPSA) is 71.4 Å². The molecule has 0 radical (unpaired) electrons. The van der Waals surface area contributed by atoms with Gasteiger partial charge in [-0.05, 0) is 11.8 Å². The van der Waals surface area contributed by atoms with Crippen LogP contribution in [-0.2, 0) is 15.0 Å². The van der Waals surface area contributed by atoms with Crippen molar-refractivity contribution in [3.8, 4) is 0 Å². The van der Waals surface area contributed by atoms with Crippen LogP contribution in [0, 0.1) is 5.41 Å². The summed E-state index contributed by atoms with van der Waals surface area (Å²) < 4.78 is 52.8. The Kier molecular flexibility index (Phi) is 10.7. The van der Waals surface area contributed by atoms with Crippen LogP contribution < -0.4 is 0 Å². The SMILES string of the molecule is CCCCCCCCC(C)(C)C.O=C(O)C(F)(F)S(=O)(=O)F. The standard InChI is InChI=1S/C12H26.C2HF3O4S/c1-5-6-7-8-9-10-11-12(2,3)4;3-2(4,1(6)7)10(5,8)9/h5-11H2,1-4H3;(H,6,7). The van der Waals surface area contributed by atoms with Crippen molar-refractivity contribution in [2.45, 2.75) is 77.9 Å². The molecule has 0 saturated heterocycles. The fourth-order valence-corrected chi connectivity index (χ4v) is 1.75. The number of alkyl halides is 2. The first-order chi connectivity index (χ1) is 9.75. The molecule has 0 aliphatic heterocycles. The second-order valence-corrected chi connectivity index (χ2v) is 7.73. The highest BCUT2D eigenvalue weighted by atomic mass is 32.3. The molecule has 4 nitrogen and oxygen atoms in total. The van der Waals surface area contributed by atoms with Crippen molar-refractivity contribution < 1.29 is 31.0 Å². The zero-order chi connectivity index (χ0) is 18.0. The van der Waals surface area contributed by atoms with Gasteiger partial charge in [0.05, 0.1) is 0 Å². The van der Waals surface area contributed by atoms with E-state index in [1.807, 2.05) is 0 Å². The van der Waals surface area contributed by atoms with E-state index >= 15 is 0 Å². The Labute approximate surface area is 131 Å². The number of unbranched alkanes of at least 4 members (excludes halogenated alkanes) is 5. The third kappa shape index (κ3) is 11.8. The summed E-state index contributed by atoms with van der Waals surface area (Å²) in [4.78, 5) is 9.30. The fraction of sp³-hybridized carbons (Fsp3) is 0.929. The van der Waals surface area contributed by atoms with E-state index in [4.69, 9.17) is 5.11 Å². The molecule has 0 aliphatic carbocycles. The number of aliphatic carboxylic acids is 1. The van der Waals surface area contributed by atoms with Gasteiger partial charge >= 0.3 is 21.4 Å². The summed E-state index contributed by atoms with van der Waals surface area (Å²) in [6.45, 7) is 9.27. The average molecular weight is 348 g/mol. The molecule has 0 spiro atoms. The molecule has 0 bridgehead atoms. The molecular weight excluding hydrogens is 321 g/mol. The maximum Gasteiger partial charge on any atom is 0.470 e. The Morgan fingerprint density at radius 2 is 1.41 bits per heavy atom. The maximum atomic E-state index is 11.5. The molecule has 0 aromatic carbocycles. The van der Waals surface area contributed by atoms with Crippen molar-refractivity contribution in [2.24, 2.45) is 5.41 Å². The minimum atomic E-state index is -6.33. The van der Waals surface area contributed by atoms with Gasteiger partial charge in [-0.2, -0.15) is 17.2 Å². The first-order valence-corrected chi connectivity index (χ1v) is 8.69. The molecule has 0 saturated carbocycles. The number of carboxylic acids is 1. The molecule has 0 unspecified atom stereocenters. The zero-order valence-corrected chi connectivity index (χ0v) is 14.5. The van der Waals surface area contributed by atoms with Gasteiger partial charge in [0.1, 0.15) is 0 Å². The van der Waals surface area contributed by atoms with Crippen LogP contribution in [0.5, 0.6) is 0 Å². The van der Waals surface area contributed by atoms with Crippen molar-refractivity contribution >= 4 is 16.2 Å². The summed E-state index contributed by atoms with van der Waals surface area (Å²) in [5.41, 5.74) is 0.546. The smallest absolute Gasteiger partial charge is 0.470 e. The number of carbonyl (C=O) groups is 1. The molecule has 22 heavy (non-hydrogen) atoms. The lowest BCUT2D eigenvalue weighted by molar-refractivity contribution is -0.154. The average Bonchev–Trinajstić information content (AvgIpc) is 2.31. The van der Waals surface area contributed by atoms with Crippen LogP contribution in [0.4, 0.5) is 12.7 Å². The Morgan fingerprint density at radius 3 is 1.68 bits per heavy atom. The molecule has 0 atom stereocenters. The monoisotopic (exact) mass is 348 g/mol. The maximum absolute atomic E-state index is 11.5. The van der Waals surface area contributed by atoms with Crippen LogP contribution in [0.2, 0.25) is 0 Å². The molecule has 0 aromatic rings. The van der Waals surface area contributed by atoms with Crippen LogP contribution in [0.25, 0.3) is 0 Å². The summed E-state index contributed by atoms with van der Waals surface area (Å²) in [6.07, 6.45) is 9.93. The predicted molar refractivity (Wildman–Crippen MR) is 80.1 cm³/mol. The summed E-state index contributed by atoms with van der Waals surface area (Å²) in [5.74, 6) is -3.03. The van der Waals surface area contributed by atoms with Gasteiger partial charge in [0.2, 0.25) is 0 Å². The van der Waals surface area contributed by atoms with Crippen molar-refractivity contribution in [2.75, 3.05) is 0 Å². The van der Waals surface area contributed by atoms with Crippen LogP contribution in [-0.4, -0.2) is 24.7 Å². The van der Waals surface area contributed by atoms with Gasteiger partial charge in [-0.25, -0.2) is 4.79 Å². The van der Waals surface area contributed by atoms with Gasteiger partial charge in [0, 0.05) is 0 Å². The molecule has 0 fully saturated rings. The van der Waals surface area contributed by atoms with E-state index < -0.39 is 21.4 Å². The second-order valence-electron chi connectivity index (χ2n) is 6.34. The van der Waals surface area contributed by atoms with Crippen molar-refractivity contribution in [3.05, 3.63) is 0 Å². The summed E-state index contributed by atoms with van der Waals surface area (Å²) in [5, 5.41) is 2.07. The van der Waals surface area contributed by atoms with Crippen LogP contribution >= 0.6 is 0 Å². The quantitative estimate of drug-likeness (QED) is 0.508. The van der Waals surface area contributed by atoms with Crippen molar-refractivity contribution in [3.63, 3.8) is 0 Å². The van der Waals surface area contributed by atoms with E-state index in [1.165, 1.54) is 44.9 Å². The second kappa shape index (κ2) is 10.1. The molecule has 0 amide bonds. The molecule has 0 rings (SSSR count). The highest BCUT2D eigenvalue weighted by Crippen LogP contribution is 2.23. The van der Waals surface area contributed by atoms with Gasteiger partial charge < -0.3 is 5.11 Å². The van der Waals surface area contributed by atoms with E-state index in [2.05, 4.69) is 27.7 Å². The minimum absolute atomic E-state index is 0.546. The van der Waals surface area contributed by atoms with E-state index in [1.54, 1.807) is 0 Å². The Bertz CT molecular complexity index is 414. The van der Waals surface area contributed by atoms with E-state index in [0.29, 0.717) is 5.41 Å². The van der Waals surface area contributed by atoms with Gasteiger partial charge in [-0.15, -0.1) is 0 Å². The fourth-order valence-electron chi connectivity index (χ4n) is 1.54. The molecule has 8 heteroatoms. The number of rotatable bonds is 8. The van der Waals surface area contributed by atoms with Crippen LogP contribution in [0.15, 0.2) is 0 Å². The normalized spacial score (nSPS) is 12.5. The minimum Gasteiger partial charge on any atom is -0.476 e. The van der Waals surface area contributed by atoms with Crippen molar-refractivity contribution in [1.29, 1.82) is 0 Å². The third-order valence-electron chi connectivity index (χ3n) is 2.84. The van der Waals surface area contributed by atoms with Gasteiger partial charge in [0.25, 0.3) is 0 Å². The first kappa shape index (κ1) is 23.5. The van der Waals surface area contributed by atoms with Crippen LogP contribution in [0.3, 0.4) is 0 Å². The van der Waals surface area contributed by atoms with E-state index in [0.717, 1.165) is 0 Å². The number of halogens is 3. The summed E-state index contributed by atoms with van der Waals surface area (Å²) in [7, 11) is -6.33. The lowest BCUT2D eigenvalue weighted by Gasteiger charge is -2.17. The van der Waals surface area contributed by atoms with Crippen LogP contribution in [0.1, 0.15) is 72.6 Å². The van der Waals surface area contributed by atoms with Crippen molar-refractivity contribution in [1.82, 2.24) is 0 Å². The van der Waals surface area contributed by atoms with E-state index in [-0.39, 0.29) is 0 Å². The summed E-state index contributed by atoms with van der Waals surface area (Å²) >= 11 is 0. The Morgan fingerprint density at radius 1 is 1.00 bits per heavy atom. The number of carboxylic acid groups (broad SMARTS) is 1. The molecule has 0 aliphatic rings. The molecule has 134 valence electrons. The Balaban J connectivity index is 0. The molecule has 0 aromatic heterocycles. The predicted octanol–water partition coefficient (Wildman–Crippen LogP) is 4.75. The zero-order valence-electron chi connectivity index (χ0n) is 13.7. The van der Waals surface area contributed by atoms with E-state index in [9.17, 15) is 25.9 Å². The number of hydrogen-bond donors (Lipinski definition) is 1.